The Morgan fingerprint density at radius 1 is 0.929 bits per heavy atom. The molecule has 2 fully saturated rings. The van der Waals surface area contributed by atoms with Crippen LogP contribution in [0.3, 0.4) is 0 Å². The number of rotatable bonds is 5. The van der Waals surface area contributed by atoms with Crippen LogP contribution < -0.4 is 4.90 Å². The van der Waals surface area contributed by atoms with E-state index in [1.54, 1.807) is 5.56 Å². The molecular weight excluding hydrogens is 364 g/mol. The number of para-hydroxylation sites is 1. The van der Waals surface area contributed by atoms with Gasteiger partial charge < -0.3 is 4.90 Å². The summed E-state index contributed by atoms with van der Waals surface area (Å²) in [6.07, 6.45) is 6.85. The number of halogens is 1. The average Bonchev–Trinajstić information content (AvgIpc) is 2.66. The molecule has 1 heterocycles. The third-order valence-electron chi connectivity index (χ3n) is 7.06. The van der Waals surface area contributed by atoms with Gasteiger partial charge in [0.15, 0.2) is 0 Å². The minimum absolute atomic E-state index is 0. The van der Waals surface area contributed by atoms with E-state index in [-0.39, 0.29) is 12.4 Å². The van der Waals surface area contributed by atoms with Crippen LogP contribution in [0.15, 0.2) is 24.3 Å². The van der Waals surface area contributed by atoms with Crippen LogP contribution in [0.5, 0.6) is 0 Å². The molecule has 3 rings (SSSR count). The summed E-state index contributed by atoms with van der Waals surface area (Å²) < 4.78 is 0. The lowest BCUT2D eigenvalue weighted by atomic mass is 9.68. The topological polar surface area (TPSA) is 6.48 Å². The Morgan fingerprint density at radius 3 is 2.11 bits per heavy atom. The highest BCUT2D eigenvalue weighted by Crippen LogP contribution is 2.45. The van der Waals surface area contributed by atoms with Crippen molar-refractivity contribution in [1.82, 2.24) is 4.90 Å². The molecule has 2 aliphatic rings. The molecule has 160 valence electrons. The number of hydrogen-bond acceptors (Lipinski definition) is 2. The van der Waals surface area contributed by atoms with Gasteiger partial charge in [-0.25, -0.2) is 0 Å². The van der Waals surface area contributed by atoms with Crippen molar-refractivity contribution in [2.24, 2.45) is 17.3 Å². The fourth-order valence-corrected chi connectivity index (χ4v) is 5.04. The van der Waals surface area contributed by atoms with Crippen LogP contribution in [-0.4, -0.2) is 37.6 Å². The van der Waals surface area contributed by atoms with Crippen molar-refractivity contribution in [3.63, 3.8) is 0 Å². The lowest BCUT2D eigenvalue weighted by Crippen LogP contribution is -2.47. The highest BCUT2D eigenvalue weighted by molar-refractivity contribution is 5.85. The molecule has 28 heavy (non-hydrogen) atoms. The van der Waals surface area contributed by atoms with Gasteiger partial charge in [0.05, 0.1) is 0 Å². The second-order valence-electron chi connectivity index (χ2n) is 10.5. The highest BCUT2D eigenvalue weighted by Gasteiger charge is 2.31. The van der Waals surface area contributed by atoms with Crippen LogP contribution in [0.25, 0.3) is 0 Å². The molecule has 1 aliphatic carbocycles. The maximum atomic E-state index is 2.66. The minimum Gasteiger partial charge on any atom is -0.369 e. The summed E-state index contributed by atoms with van der Waals surface area (Å²) in [6, 6.07) is 9.30. The molecule has 3 heteroatoms. The molecule has 1 aromatic rings. The highest BCUT2D eigenvalue weighted by atomic mass is 35.5. The van der Waals surface area contributed by atoms with Crippen molar-refractivity contribution < 1.29 is 0 Å². The van der Waals surface area contributed by atoms with E-state index in [1.807, 2.05) is 0 Å². The molecule has 0 spiro atoms. The molecule has 1 saturated heterocycles. The number of piperazine rings is 1. The van der Waals surface area contributed by atoms with Gasteiger partial charge in [-0.1, -0.05) is 52.8 Å². The lowest BCUT2D eigenvalue weighted by molar-refractivity contribution is 0.169. The minimum atomic E-state index is 0. The largest absolute Gasteiger partial charge is 0.369 e. The molecule has 0 unspecified atom stereocenters. The number of nitrogens with zero attached hydrogens (tertiary/aromatic N) is 2. The SMILES string of the molecule is CC(C)CCN1CCN(c2ccccc2C2CCC(C(C)(C)C)CC2)CC1.Cl. The maximum Gasteiger partial charge on any atom is 0.0402 e. The van der Waals surface area contributed by atoms with Crippen molar-refractivity contribution in [1.29, 1.82) is 0 Å². The monoisotopic (exact) mass is 406 g/mol. The Kier molecular flexibility index (Phi) is 8.70. The zero-order valence-electron chi connectivity index (χ0n) is 18.9. The fraction of sp³-hybridized carbons (Fsp3) is 0.760. The van der Waals surface area contributed by atoms with Gasteiger partial charge in [0.2, 0.25) is 0 Å². The molecular formula is C25H43ClN2. The van der Waals surface area contributed by atoms with Crippen molar-refractivity contribution in [2.45, 2.75) is 72.6 Å². The quantitative estimate of drug-likeness (QED) is 0.543. The van der Waals surface area contributed by atoms with Crippen LogP contribution in [0.4, 0.5) is 5.69 Å². The molecule has 1 aromatic carbocycles. The number of anilines is 1. The van der Waals surface area contributed by atoms with Crippen molar-refractivity contribution >= 4 is 18.1 Å². The van der Waals surface area contributed by atoms with E-state index < -0.39 is 0 Å². The summed E-state index contributed by atoms with van der Waals surface area (Å²) in [5.74, 6) is 2.47. The molecule has 0 bridgehead atoms. The van der Waals surface area contributed by atoms with Gasteiger partial charge >= 0.3 is 0 Å². The van der Waals surface area contributed by atoms with Crippen LogP contribution in [0.2, 0.25) is 0 Å². The first-order valence-corrected chi connectivity index (χ1v) is 11.4. The Morgan fingerprint density at radius 2 is 1.54 bits per heavy atom. The second-order valence-corrected chi connectivity index (χ2v) is 10.5. The van der Waals surface area contributed by atoms with E-state index in [2.05, 4.69) is 68.7 Å². The third-order valence-corrected chi connectivity index (χ3v) is 7.06. The molecule has 1 aliphatic heterocycles. The second kappa shape index (κ2) is 10.3. The molecule has 0 aromatic heterocycles. The summed E-state index contributed by atoms with van der Waals surface area (Å²) in [7, 11) is 0. The van der Waals surface area contributed by atoms with E-state index in [0.29, 0.717) is 5.41 Å². The normalized spacial score (nSPS) is 24.3. The molecule has 0 amide bonds. The van der Waals surface area contributed by atoms with Gasteiger partial charge in [-0.15, -0.1) is 12.4 Å². The van der Waals surface area contributed by atoms with Crippen LogP contribution in [0.1, 0.15) is 78.2 Å². The predicted molar refractivity (Wildman–Crippen MR) is 126 cm³/mol. The van der Waals surface area contributed by atoms with Gasteiger partial charge in [-0.3, -0.25) is 4.90 Å². The van der Waals surface area contributed by atoms with Crippen LogP contribution >= 0.6 is 12.4 Å². The smallest absolute Gasteiger partial charge is 0.0402 e. The van der Waals surface area contributed by atoms with E-state index >= 15 is 0 Å². The predicted octanol–water partition coefficient (Wildman–Crippen LogP) is 6.60. The first-order valence-electron chi connectivity index (χ1n) is 11.4. The van der Waals surface area contributed by atoms with Crippen molar-refractivity contribution in [2.75, 3.05) is 37.6 Å². The van der Waals surface area contributed by atoms with Gasteiger partial charge in [0, 0.05) is 31.9 Å². The van der Waals surface area contributed by atoms with Gasteiger partial charge in [0.25, 0.3) is 0 Å². The van der Waals surface area contributed by atoms with E-state index in [4.69, 9.17) is 0 Å². The summed E-state index contributed by atoms with van der Waals surface area (Å²) in [4.78, 5) is 5.32. The molecule has 0 atom stereocenters. The van der Waals surface area contributed by atoms with Crippen molar-refractivity contribution in [3.05, 3.63) is 29.8 Å². The Balaban J connectivity index is 0.00000280. The van der Waals surface area contributed by atoms with E-state index in [1.165, 1.54) is 70.5 Å². The van der Waals surface area contributed by atoms with Gasteiger partial charge in [0.1, 0.15) is 0 Å². The Bertz CT molecular complexity index is 576. The van der Waals surface area contributed by atoms with E-state index in [0.717, 1.165) is 17.8 Å². The average molecular weight is 407 g/mol. The summed E-state index contributed by atoms with van der Waals surface area (Å²) >= 11 is 0. The maximum absolute atomic E-state index is 2.66. The van der Waals surface area contributed by atoms with Gasteiger partial charge in [-0.2, -0.15) is 0 Å². The summed E-state index contributed by atoms with van der Waals surface area (Å²) in [5, 5.41) is 0. The van der Waals surface area contributed by atoms with Crippen LogP contribution in [0, 0.1) is 17.3 Å². The van der Waals surface area contributed by atoms with E-state index in [9.17, 15) is 0 Å². The van der Waals surface area contributed by atoms with Crippen LogP contribution in [-0.2, 0) is 0 Å². The standard InChI is InChI=1S/C25H42N2.ClH/c1-20(2)14-15-26-16-18-27(19-17-26)24-9-7-6-8-23(24)21-10-12-22(13-11-21)25(3,4)5;/h6-9,20-22H,10-19H2,1-5H3;1H. The summed E-state index contributed by atoms with van der Waals surface area (Å²) in [6.45, 7) is 18.0. The molecule has 1 saturated carbocycles. The van der Waals surface area contributed by atoms with Gasteiger partial charge in [-0.05, 0) is 73.4 Å². The molecule has 0 radical (unpaired) electrons. The first-order chi connectivity index (χ1) is 12.8. The fourth-order valence-electron chi connectivity index (χ4n) is 5.04. The first kappa shape index (κ1) is 23.5. The number of hydrogen-bond donors (Lipinski definition) is 0. The van der Waals surface area contributed by atoms with Crippen molar-refractivity contribution in [3.8, 4) is 0 Å². The Hall–Kier alpha value is -0.730. The lowest BCUT2D eigenvalue weighted by Gasteiger charge is -2.40. The zero-order chi connectivity index (χ0) is 19.4. The summed E-state index contributed by atoms with van der Waals surface area (Å²) in [5.41, 5.74) is 3.62. The number of benzene rings is 1. The Labute approximate surface area is 180 Å². The third kappa shape index (κ3) is 6.13. The zero-order valence-corrected chi connectivity index (χ0v) is 19.7. The molecule has 2 nitrogen and oxygen atoms in total. The molecule has 0 N–H and O–H groups in total.